The fraction of sp³-hybridized carbons (Fsp3) is 0.267. The van der Waals surface area contributed by atoms with Crippen molar-refractivity contribution >= 4 is 28.8 Å². The molecular formula is C30H35N7O3. The standard InChI is InChI=1S/C30H35N7O3/c1-2-3-16-34-29(39)21-14-15-25-24(19-21)36-28(37(25)26(27(31)38)13-8-17-35-30(32)33)20-9-7-12-23(18-20)40-22-10-5-4-6-11-22/h4-7,9-12,14-15,18-19,26H,2-3,8,13,16-17H2,1H3,(H2,31,38)(H,34,39)(H4,32,33,35)/t26-/m1/s1. The predicted octanol–water partition coefficient (Wildman–Crippen LogP) is 4.11. The van der Waals surface area contributed by atoms with E-state index >= 15 is 0 Å². The van der Waals surface area contributed by atoms with Crippen molar-refractivity contribution in [2.24, 2.45) is 22.2 Å². The maximum absolute atomic E-state index is 12.8. The van der Waals surface area contributed by atoms with Gasteiger partial charge in [-0.2, -0.15) is 0 Å². The highest BCUT2D eigenvalue weighted by Gasteiger charge is 2.25. The van der Waals surface area contributed by atoms with Crippen LogP contribution in [0.2, 0.25) is 0 Å². The summed E-state index contributed by atoms with van der Waals surface area (Å²) in [7, 11) is 0. The molecule has 3 aromatic carbocycles. The van der Waals surface area contributed by atoms with Crippen molar-refractivity contribution < 1.29 is 14.3 Å². The van der Waals surface area contributed by atoms with Crippen LogP contribution in [0.25, 0.3) is 22.4 Å². The number of para-hydroxylation sites is 1. The average Bonchev–Trinajstić information content (AvgIpc) is 3.32. The molecule has 1 heterocycles. The van der Waals surface area contributed by atoms with Gasteiger partial charge in [-0.15, -0.1) is 0 Å². The zero-order chi connectivity index (χ0) is 28.5. The fourth-order valence-electron chi connectivity index (χ4n) is 4.45. The smallest absolute Gasteiger partial charge is 0.251 e. The van der Waals surface area contributed by atoms with Gasteiger partial charge in [0.2, 0.25) is 5.91 Å². The molecule has 7 N–H and O–H groups in total. The Morgan fingerprint density at radius 1 is 0.975 bits per heavy atom. The van der Waals surface area contributed by atoms with Crippen molar-refractivity contribution in [3.05, 3.63) is 78.4 Å². The molecule has 208 valence electrons. The first-order chi connectivity index (χ1) is 19.4. The third-order valence-corrected chi connectivity index (χ3v) is 6.41. The molecule has 1 atom stereocenters. The molecule has 10 heteroatoms. The zero-order valence-electron chi connectivity index (χ0n) is 22.5. The lowest BCUT2D eigenvalue weighted by molar-refractivity contribution is -0.121. The van der Waals surface area contributed by atoms with Crippen molar-refractivity contribution in [3.8, 4) is 22.9 Å². The zero-order valence-corrected chi connectivity index (χ0v) is 22.5. The van der Waals surface area contributed by atoms with E-state index in [-0.39, 0.29) is 11.9 Å². The van der Waals surface area contributed by atoms with E-state index in [1.807, 2.05) is 59.2 Å². The van der Waals surface area contributed by atoms with Crippen LogP contribution in [-0.2, 0) is 4.79 Å². The molecule has 0 unspecified atom stereocenters. The number of carbonyl (C=O) groups is 2. The summed E-state index contributed by atoms with van der Waals surface area (Å²) in [6.45, 7) is 3.02. The van der Waals surface area contributed by atoms with Crippen molar-refractivity contribution in [2.45, 2.75) is 38.6 Å². The van der Waals surface area contributed by atoms with Gasteiger partial charge in [0.15, 0.2) is 5.96 Å². The van der Waals surface area contributed by atoms with Crippen LogP contribution in [0.4, 0.5) is 0 Å². The van der Waals surface area contributed by atoms with Gasteiger partial charge in [0.1, 0.15) is 23.4 Å². The van der Waals surface area contributed by atoms with Gasteiger partial charge in [-0.05, 0) is 61.7 Å². The Morgan fingerprint density at radius 3 is 2.48 bits per heavy atom. The van der Waals surface area contributed by atoms with Gasteiger partial charge < -0.3 is 31.8 Å². The van der Waals surface area contributed by atoms with Crippen LogP contribution in [0.1, 0.15) is 49.0 Å². The molecule has 0 saturated carbocycles. The van der Waals surface area contributed by atoms with Gasteiger partial charge in [-0.25, -0.2) is 4.98 Å². The van der Waals surface area contributed by atoms with E-state index in [9.17, 15) is 9.59 Å². The molecule has 1 aromatic heterocycles. The van der Waals surface area contributed by atoms with E-state index < -0.39 is 11.9 Å². The van der Waals surface area contributed by atoms with Gasteiger partial charge in [0.05, 0.1) is 11.0 Å². The highest BCUT2D eigenvalue weighted by molar-refractivity contribution is 5.98. The number of carbonyl (C=O) groups excluding carboxylic acids is 2. The fourth-order valence-corrected chi connectivity index (χ4v) is 4.45. The van der Waals surface area contributed by atoms with Crippen LogP contribution in [0, 0.1) is 0 Å². The van der Waals surface area contributed by atoms with Crippen molar-refractivity contribution in [1.82, 2.24) is 14.9 Å². The summed E-state index contributed by atoms with van der Waals surface area (Å²) in [5.41, 5.74) is 19.3. The third-order valence-electron chi connectivity index (χ3n) is 6.41. The molecule has 4 aromatic rings. The van der Waals surface area contributed by atoms with Crippen LogP contribution in [0.5, 0.6) is 11.5 Å². The van der Waals surface area contributed by atoms with E-state index in [1.165, 1.54) is 0 Å². The molecule has 0 aliphatic rings. The first-order valence-electron chi connectivity index (χ1n) is 13.4. The average molecular weight is 542 g/mol. The Morgan fingerprint density at radius 2 is 1.75 bits per heavy atom. The Balaban J connectivity index is 1.77. The molecule has 10 nitrogen and oxygen atoms in total. The number of hydrogen-bond acceptors (Lipinski definition) is 5. The molecule has 0 radical (unpaired) electrons. The molecule has 0 aliphatic carbocycles. The highest BCUT2D eigenvalue weighted by Crippen LogP contribution is 2.33. The van der Waals surface area contributed by atoms with Crippen LogP contribution in [-0.4, -0.2) is 40.4 Å². The first-order valence-corrected chi connectivity index (χ1v) is 13.4. The van der Waals surface area contributed by atoms with Gasteiger partial charge in [-0.3, -0.25) is 14.6 Å². The quantitative estimate of drug-likeness (QED) is 0.113. The third kappa shape index (κ3) is 6.96. The van der Waals surface area contributed by atoms with Crippen LogP contribution in [0.3, 0.4) is 0 Å². The van der Waals surface area contributed by atoms with E-state index in [0.717, 1.165) is 18.4 Å². The number of aromatic nitrogens is 2. The summed E-state index contributed by atoms with van der Waals surface area (Å²) in [6.07, 6.45) is 2.80. The van der Waals surface area contributed by atoms with Crippen LogP contribution in [0.15, 0.2) is 77.8 Å². The number of nitrogens with zero attached hydrogens (tertiary/aromatic N) is 3. The maximum Gasteiger partial charge on any atom is 0.251 e. The van der Waals surface area contributed by atoms with Crippen molar-refractivity contribution in [2.75, 3.05) is 13.1 Å². The van der Waals surface area contributed by atoms with Gasteiger partial charge in [0.25, 0.3) is 5.91 Å². The second-order valence-electron chi connectivity index (χ2n) is 9.43. The largest absolute Gasteiger partial charge is 0.457 e. The van der Waals surface area contributed by atoms with E-state index in [2.05, 4.69) is 17.2 Å². The number of primary amides is 1. The van der Waals surface area contributed by atoms with Crippen molar-refractivity contribution in [3.63, 3.8) is 0 Å². The monoisotopic (exact) mass is 541 g/mol. The molecule has 0 bridgehead atoms. The minimum atomic E-state index is -0.725. The Labute approximate surface area is 233 Å². The molecule has 4 rings (SSSR count). The van der Waals surface area contributed by atoms with Gasteiger partial charge in [-0.1, -0.05) is 43.7 Å². The molecule has 0 saturated heterocycles. The summed E-state index contributed by atoms with van der Waals surface area (Å²) < 4.78 is 7.87. The van der Waals surface area contributed by atoms with Crippen LogP contribution >= 0.6 is 0 Å². The topological polar surface area (TPSA) is 164 Å². The number of benzene rings is 3. The van der Waals surface area contributed by atoms with Gasteiger partial charge in [0, 0.05) is 24.2 Å². The van der Waals surface area contributed by atoms with Crippen LogP contribution < -0.4 is 27.3 Å². The van der Waals surface area contributed by atoms with E-state index in [0.29, 0.717) is 59.9 Å². The number of amides is 2. The summed E-state index contributed by atoms with van der Waals surface area (Å²) in [5.74, 6) is 1.15. The second-order valence-corrected chi connectivity index (χ2v) is 9.43. The normalized spacial score (nSPS) is 11.6. The maximum atomic E-state index is 12.8. The number of imidazole rings is 1. The highest BCUT2D eigenvalue weighted by atomic mass is 16.5. The Kier molecular flexibility index (Phi) is 9.35. The molecular weight excluding hydrogens is 506 g/mol. The SMILES string of the molecule is CCCCNC(=O)c1ccc2c(c1)nc(-c1cccc(Oc3ccccc3)c1)n2[C@H](CCCN=C(N)N)C(N)=O. The minimum absolute atomic E-state index is 0.00984. The summed E-state index contributed by atoms with van der Waals surface area (Å²) >= 11 is 0. The van der Waals surface area contributed by atoms with Crippen molar-refractivity contribution in [1.29, 1.82) is 0 Å². The summed E-state index contributed by atoms with van der Waals surface area (Å²) in [5, 5.41) is 2.94. The Bertz CT molecular complexity index is 1490. The predicted molar refractivity (Wildman–Crippen MR) is 157 cm³/mol. The second kappa shape index (κ2) is 13.3. The number of unbranched alkanes of at least 4 members (excludes halogenated alkanes) is 1. The molecule has 2 amide bonds. The number of rotatable bonds is 13. The summed E-state index contributed by atoms with van der Waals surface area (Å²) in [6, 6.07) is 21.5. The first kappa shape index (κ1) is 28.2. The number of fused-ring (bicyclic) bond motifs is 1. The molecule has 0 fully saturated rings. The van der Waals surface area contributed by atoms with E-state index in [4.69, 9.17) is 26.9 Å². The molecule has 40 heavy (non-hydrogen) atoms. The Hall–Kier alpha value is -4.86. The molecule has 0 aliphatic heterocycles. The number of nitrogens with two attached hydrogens (primary N) is 3. The minimum Gasteiger partial charge on any atom is -0.457 e. The number of ether oxygens (including phenoxy) is 1. The van der Waals surface area contributed by atoms with E-state index in [1.54, 1.807) is 18.2 Å². The lowest BCUT2D eigenvalue weighted by atomic mass is 10.1. The van der Waals surface area contributed by atoms with Gasteiger partial charge >= 0.3 is 0 Å². The summed E-state index contributed by atoms with van der Waals surface area (Å²) in [4.78, 5) is 34.4. The lowest BCUT2D eigenvalue weighted by Gasteiger charge is -2.19. The molecule has 0 spiro atoms. The number of guanidine groups is 1. The lowest BCUT2D eigenvalue weighted by Crippen LogP contribution is -2.27. The number of nitrogens with one attached hydrogen (secondary N) is 1. The number of hydrogen-bond donors (Lipinski definition) is 4. The number of aliphatic imine (C=N–C) groups is 1.